The van der Waals surface area contributed by atoms with Crippen molar-refractivity contribution in [2.24, 2.45) is 27.6 Å². The van der Waals surface area contributed by atoms with Gasteiger partial charge in [0.25, 0.3) is 6.71 Å². The summed E-state index contributed by atoms with van der Waals surface area (Å²) in [4.78, 5) is 5.77. The Morgan fingerprint density at radius 3 is 1.96 bits per heavy atom. The molecule has 2 fully saturated rings. The molecule has 2 atom stereocenters. The molecule has 72 heavy (non-hydrogen) atoms. The van der Waals surface area contributed by atoms with Crippen molar-refractivity contribution in [2.75, 3.05) is 9.80 Å². The fourth-order valence-electron chi connectivity index (χ4n) is 16.2. The van der Waals surface area contributed by atoms with Gasteiger partial charge in [-0.2, -0.15) is 0 Å². The van der Waals surface area contributed by atoms with Crippen LogP contribution in [-0.4, -0.2) is 12.8 Å². The smallest absolute Gasteiger partial charge is 0.296 e. The quantitative estimate of drug-likeness (QED) is 0.191. The van der Waals surface area contributed by atoms with Gasteiger partial charge in [0.15, 0.2) is 0 Å². The van der Waals surface area contributed by atoms with Crippen LogP contribution >= 0.6 is 0 Å². The van der Waals surface area contributed by atoms with E-state index < -0.39 is 0 Å². The minimum Gasteiger partial charge on any atom is -0.468 e. The summed E-state index contributed by atoms with van der Waals surface area (Å²) in [6, 6.07) is 18.3. The molecule has 0 spiro atoms. The average Bonchev–Trinajstić information content (AvgIpc) is 3.69. The third-order valence-electron chi connectivity index (χ3n) is 21.5. The van der Waals surface area contributed by atoms with E-state index >= 15 is 0 Å². The zero-order chi connectivity index (χ0) is 51.2. The maximum Gasteiger partial charge on any atom is 0.296 e. The van der Waals surface area contributed by atoms with Crippen LogP contribution < -0.4 is 20.9 Å². The number of furan rings is 1. The lowest BCUT2D eigenvalue weighted by Gasteiger charge is -2.54. The minimum atomic E-state index is -0.0190. The maximum absolute atomic E-state index is 7.89. The monoisotopic (exact) mass is 961 g/mol. The summed E-state index contributed by atoms with van der Waals surface area (Å²) in [6.07, 6.45) is 21.4. The van der Waals surface area contributed by atoms with E-state index in [0.717, 1.165) is 18.4 Å². The first-order chi connectivity index (χ1) is 33.6. The number of hydrogen-bond acceptors (Lipinski definition) is 3. The molecule has 0 amide bonds. The van der Waals surface area contributed by atoms with E-state index in [1.807, 2.05) is 0 Å². The zero-order valence-electron chi connectivity index (χ0n) is 48.0. The van der Waals surface area contributed by atoms with E-state index in [1.165, 1.54) is 149 Å². The Labute approximate surface area is 436 Å². The first-order valence-corrected chi connectivity index (χ1v) is 29.0. The van der Waals surface area contributed by atoms with Crippen LogP contribution in [0.4, 0.5) is 22.7 Å². The van der Waals surface area contributed by atoms with Crippen LogP contribution in [-0.2, 0) is 16.2 Å². The Morgan fingerprint density at radius 2 is 1.28 bits per heavy atom. The van der Waals surface area contributed by atoms with Gasteiger partial charge in [-0.1, -0.05) is 164 Å². The fraction of sp³-hybridized carbons (Fsp3) is 0.588. The molecular weight excluding hydrogens is 872 g/mol. The summed E-state index contributed by atoms with van der Waals surface area (Å²) < 4.78 is 7.89. The first kappa shape index (κ1) is 48.7. The molecule has 380 valence electrons. The number of rotatable bonds is 3. The molecule has 6 aliphatic carbocycles. The first-order valence-electron chi connectivity index (χ1n) is 29.0. The van der Waals surface area contributed by atoms with Crippen molar-refractivity contribution >= 4 is 51.6 Å². The molecule has 3 heterocycles. The van der Waals surface area contributed by atoms with Crippen molar-refractivity contribution in [2.45, 2.75) is 229 Å². The van der Waals surface area contributed by atoms with E-state index in [9.17, 15) is 0 Å². The number of fused-ring (bicyclic) bond motifs is 7. The van der Waals surface area contributed by atoms with Gasteiger partial charge in [0.1, 0.15) is 5.58 Å². The summed E-state index contributed by atoms with van der Waals surface area (Å²) in [5.41, 5.74) is 26.8. The molecule has 0 saturated heterocycles. The maximum atomic E-state index is 7.89. The van der Waals surface area contributed by atoms with Crippen molar-refractivity contribution < 1.29 is 4.42 Å². The Hall–Kier alpha value is -4.18. The molecule has 3 aromatic carbocycles. The molecule has 0 radical (unpaired) electrons. The van der Waals surface area contributed by atoms with E-state index in [-0.39, 0.29) is 50.7 Å². The highest BCUT2D eigenvalue weighted by molar-refractivity contribution is 6.95. The molecule has 2 unspecified atom stereocenters. The van der Waals surface area contributed by atoms with Gasteiger partial charge < -0.3 is 14.2 Å². The van der Waals surface area contributed by atoms with Crippen molar-refractivity contribution in [3.63, 3.8) is 0 Å². The van der Waals surface area contributed by atoms with Gasteiger partial charge in [0.05, 0.1) is 17.4 Å². The minimum absolute atomic E-state index is 0.0190. The van der Waals surface area contributed by atoms with Crippen LogP contribution in [0.25, 0.3) is 11.0 Å². The summed E-state index contributed by atoms with van der Waals surface area (Å²) in [6.45, 7) is 42.3. The number of benzene rings is 3. The normalized spacial score (nSPS) is 26.5. The molecular formula is C68H89BN2O. The van der Waals surface area contributed by atoms with Crippen molar-refractivity contribution in [1.82, 2.24) is 0 Å². The van der Waals surface area contributed by atoms with Crippen LogP contribution in [0.2, 0.25) is 0 Å². The number of aryl methyl sites for hydroxylation is 1. The summed E-state index contributed by atoms with van der Waals surface area (Å²) in [5, 5.41) is 1.32. The lowest BCUT2D eigenvalue weighted by molar-refractivity contribution is 0.121. The highest BCUT2D eigenvalue weighted by atomic mass is 16.3. The van der Waals surface area contributed by atoms with Gasteiger partial charge in [0.2, 0.25) is 0 Å². The zero-order valence-corrected chi connectivity index (χ0v) is 48.0. The molecule has 4 heteroatoms. The molecule has 2 aliphatic heterocycles. The Morgan fingerprint density at radius 1 is 0.639 bits per heavy atom. The Bertz CT molecular complexity index is 3100. The largest absolute Gasteiger partial charge is 0.468 e. The lowest BCUT2D eigenvalue weighted by atomic mass is 9.33. The van der Waals surface area contributed by atoms with Crippen molar-refractivity contribution in [3.05, 3.63) is 116 Å². The van der Waals surface area contributed by atoms with Crippen molar-refractivity contribution in [1.29, 1.82) is 0 Å². The Kier molecular flexibility index (Phi) is 10.6. The highest BCUT2D eigenvalue weighted by Gasteiger charge is 2.55. The molecule has 8 aliphatic rings. The van der Waals surface area contributed by atoms with Gasteiger partial charge in [-0.05, 0) is 202 Å². The van der Waals surface area contributed by atoms with E-state index in [1.54, 1.807) is 22.3 Å². The SMILES string of the molecule is CC1=CC2=C(CC1N1c3cc(C4CCCCC4)cc4c3B(C3=C(CC5C(=C3)C(C)(C)CCC5(C)C)N4c3ccc(C(C)(C)C)cc3C)c3oc4cc5c(cc4c31)C(C)(C)CCC5(C)C)C(C)(C)CCC2(C)C. The highest BCUT2D eigenvalue weighted by Crippen LogP contribution is 2.61. The van der Waals surface area contributed by atoms with Crippen LogP contribution in [0.15, 0.2) is 92.5 Å². The topological polar surface area (TPSA) is 19.6 Å². The van der Waals surface area contributed by atoms with Crippen LogP contribution in [0.5, 0.6) is 0 Å². The molecule has 4 aromatic rings. The van der Waals surface area contributed by atoms with E-state index in [0.29, 0.717) is 11.8 Å². The molecule has 12 rings (SSSR count). The average molecular weight is 961 g/mol. The van der Waals surface area contributed by atoms with Crippen LogP contribution in [0.1, 0.15) is 228 Å². The number of hydrogen-bond donors (Lipinski definition) is 0. The molecule has 0 bridgehead atoms. The second-order valence-corrected chi connectivity index (χ2v) is 30.1. The van der Waals surface area contributed by atoms with Gasteiger partial charge in [-0.3, -0.25) is 0 Å². The predicted octanol–water partition coefficient (Wildman–Crippen LogP) is 18.1. The van der Waals surface area contributed by atoms with Gasteiger partial charge >= 0.3 is 0 Å². The van der Waals surface area contributed by atoms with Crippen LogP contribution in [0, 0.1) is 34.5 Å². The third-order valence-corrected chi connectivity index (χ3v) is 21.5. The van der Waals surface area contributed by atoms with Crippen molar-refractivity contribution in [3.8, 4) is 0 Å². The number of allylic oxidation sites excluding steroid dienone is 6. The van der Waals surface area contributed by atoms with Gasteiger partial charge in [0, 0.05) is 28.1 Å². The second-order valence-electron chi connectivity index (χ2n) is 30.1. The predicted molar refractivity (Wildman–Crippen MR) is 309 cm³/mol. The van der Waals surface area contributed by atoms with Crippen LogP contribution in [0.3, 0.4) is 0 Å². The Balaban J connectivity index is 1.21. The lowest BCUT2D eigenvalue weighted by Crippen LogP contribution is -2.59. The number of nitrogens with zero attached hydrogens (tertiary/aromatic N) is 2. The molecule has 1 aromatic heterocycles. The number of anilines is 4. The molecule has 2 saturated carbocycles. The standard InChI is InChI=1S/C68H89BN2O/c1-40-31-44(62(3,4)5)23-24-53(40)70-55-38-50-48(65(10,11)27-29-67(50,14)15)36-52(55)69-59-56(70)33-43(42-21-19-18-20-22-42)34-57(59)71(54-37-49-46(32-41(54)2)63(6,7)25-28-66(49,12)13)60-45-35-47-51(39-58(45)72-61(60)69)68(16,17)30-26-64(47,8)9/h23-24,31-36,39,42,50,54H,18-22,25-30,37-38H2,1-17H3. The van der Waals surface area contributed by atoms with E-state index in [4.69, 9.17) is 4.42 Å². The third kappa shape index (κ3) is 7.21. The second kappa shape index (κ2) is 15.7. The fourth-order valence-corrected chi connectivity index (χ4v) is 16.2. The molecule has 3 nitrogen and oxygen atoms in total. The summed E-state index contributed by atoms with van der Waals surface area (Å²) in [5.74, 6) is 1.01. The van der Waals surface area contributed by atoms with Gasteiger partial charge in [-0.25, -0.2) is 0 Å². The van der Waals surface area contributed by atoms with Gasteiger partial charge in [-0.15, -0.1) is 0 Å². The van der Waals surface area contributed by atoms with E-state index in [2.05, 4.69) is 182 Å². The summed E-state index contributed by atoms with van der Waals surface area (Å²) >= 11 is 0. The summed E-state index contributed by atoms with van der Waals surface area (Å²) in [7, 11) is 0. The molecule has 0 N–H and O–H groups in total.